The van der Waals surface area contributed by atoms with Crippen LogP contribution in [0.25, 0.3) is 17.1 Å². The maximum atomic E-state index is 10.6. The molecule has 2 heterocycles. The van der Waals surface area contributed by atoms with Crippen molar-refractivity contribution in [2.45, 2.75) is 4.90 Å². The first-order valence-corrected chi connectivity index (χ1v) is 8.16. The Hall–Kier alpha value is -2.93. The van der Waals surface area contributed by atoms with E-state index in [-0.39, 0.29) is 0 Å². The zero-order valence-corrected chi connectivity index (χ0v) is 14.5. The summed E-state index contributed by atoms with van der Waals surface area (Å²) >= 11 is 1.50. The number of aromatic nitrogens is 2. The lowest BCUT2D eigenvalue weighted by Crippen LogP contribution is -1.92. The number of carbonyl (C=O) groups is 1. The van der Waals surface area contributed by atoms with E-state index in [1.165, 1.54) is 18.0 Å². The number of benzene rings is 1. The van der Waals surface area contributed by atoms with Crippen molar-refractivity contribution in [2.75, 3.05) is 14.2 Å². The Labute approximate surface area is 148 Å². The number of ether oxygens (including phenoxy) is 2. The van der Waals surface area contributed by atoms with E-state index in [2.05, 4.69) is 4.98 Å². The highest BCUT2D eigenvalue weighted by atomic mass is 32.2. The molecule has 0 spiro atoms. The zero-order chi connectivity index (χ0) is 17.8. The standard InChI is InChI=1S/C18H16N2O4S/c1-23-15-5-4-14(10-16(15)24-2)25-20-8-7-13-9-12(3-6-17(21)22)11-19-18(13)20/h3-11H,1-2H3,(H,21,22)/b6-3+. The molecule has 1 aromatic carbocycles. The van der Waals surface area contributed by atoms with Gasteiger partial charge in [0.05, 0.1) is 14.2 Å². The molecule has 0 aliphatic heterocycles. The Morgan fingerprint density at radius 2 is 2.00 bits per heavy atom. The SMILES string of the molecule is COc1ccc(Sn2ccc3cc(/C=C/C(=O)O)cnc32)cc1OC. The normalized spacial score (nSPS) is 11.1. The second kappa shape index (κ2) is 7.31. The summed E-state index contributed by atoms with van der Waals surface area (Å²) in [4.78, 5) is 16.0. The third kappa shape index (κ3) is 3.77. The summed E-state index contributed by atoms with van der Waals surface area (Å²) in [6, 6.07) is 9.54. The minimum Gasteiger partial charge on any atom is -0.493 e. The number of nitrogens with zero attached hydrogens (tertiary/aromatic N) is 2. The van der Waals surface area contributed by atoms with Gasteiger partial charge in [0, 0.05) is 28.8 Å². The zero-order valence-electron chi connectivity index (χ0n) is 13.7. The monoisotopic (exact) mass is 356 g/mol. The van der Waals surface area contributed by atoms with Crippen LogP contribution in [0.1, 0.15) is 5.56 Å². The Morgan fingerprint density at radius 1 is 1.20 bits per heavy atom. The molecule has 0 radical (unpaired) electrons. The molecule has 0 unspecified atom stereocenters. The van der Waals surface area contributed by atoms with Gasteiger partial charge in [0.15, 0.2) is 11.5 Å². The van der Waals surface area contributed by atoms with Gasteiger partial charge in [-0.3, -0.25) is 3.97 Å². The molecule has 0 fully saturated rings. The predicted molar refractivity (Wildman–Crippen MR) is 97.2 cm³/mol. The van der Waals surface area contributed by atoms with Crippen molar-refractivity contribution in [1.29, 1.82) is 0 Å². The summed E-state index contributed by atoms with van der Waals surface area (Å²) in [6.45, 7) is 0. The molecule has 0 bridgehead atoms. The molecular weight excluding hydrogens is 340 g/mol. The Kier molecular flexibility index (Phi) is 4.95. The van der Waals surface area contributed by atoms with E-state index in [0.29, 0.717) is 11.5 Å². The van der Waals surface area contributed by atoms with Crippen molar-refractivity contribution in [3.05, 3.63) is 54.4 Å². The lowest BCUT2D eigenvalue weighted by atomic mass is 10.2. The molecule has 6 nitrogen and oxygen atoms in total. The number of carboxylic acid groups (broad SMARTS) is 1. The van der Waals surface area contributed by atoms with Crippen molar-refractivity contribution in [2.24, 2.45) is 0 Å². The van der Waals surface area contributed by atoms with Gasteiger partial charge in [0.2, 0.25) is 0 Å². The molecule has 1 N–H and O–H groups in total. The predicted octanol–water partition coefficient (Wildman–Crippen LogP) is 3.71. The Bertz CT molecular complexity index is 949. The van der Waals surface area contributed by atoms with Crippen LogP contribution in [0, 0.1) is 0 Å². The first kappa shape index (κ1) is 16.9. The highest BCUT2D eigenvalue weighted by molar-refractivity contribution is 7.98. The topological polar surface area (TPSA) is 73.6 Å². The molecule has 0 saturated carbocycles. The second-order valence-electron chi connectivity index (χ2n) is 5.10. The van der Waals surface area contributed by atoms with Gasteiger partial charge < -0.3 is 14.6 Å². The van der Waals surface area contributed by atoms with E-state index in [1.54, 1.807) is 20.4 Å². The molecule has 25 heavy (non-hydrogen) atoms. The van der Waals surface area contributed by atoms with Crippen LogP contribution in [0.4, 0.5) is 0 Å². The number of aliphatic carboxylic acids is 1. The number of hydrogen-bond donors (Lipinski definition) is 1. The summed E-state index contributed by atoms with van der Waals surface area (Å²) in [5.41, 5.74) is 1.54. The summed E-state index contributed by atoms with van der Waals surface area (Å²) in [5, 5.41) is 9.63. The van der Waals surface area contributed by atoms with E-state index >= 15 is 0 Å². The van der Waals surface area contributed by atoms with Crippen LogP contribution in [0.3, 0.4) is 0 Å². The van der Waals surface area contributed by atoms with Crippen LogP contribution in [0.2, 0.25) is 0 Å². The summed E-state index contributed by atoms with van der Waals surface area (Å²) < 4.78 is 12.5. The minimum atomic E-state index is -0.985. The smallest absolute Gasteiger partial charge is 0.328 e. The molecule has 3 aromatic rings. The quantitative estimate of drug-likeness (QED) is 0.679. The molecule has 0 aliphatic carbocycles. The number of rotatable bonds is 6. The molecular formula is C18H16N2O4S. The van der Waals surface area contributed by atoms with Crippen LogP contribution in [-0.4, -0.2) is 34.3 Å². The van der Waals surface area contributed by atoms with Crippen LogP contribution in [-0.2, 0) is 4.79 Å². The van der Waals surface area contributed by atoms with E-state index in [0.717, 1.165) is 27.6 Å². The minimum absolute atomic E-state index is 0.665. The molecule has 0 aliphatic rings. The maximum Gasteiger partial charge on any atom is 0.328 e. The molecule has 2 aromatic heterocycles. The Morgan fingerprint density at radius 3 is 2.72 bits per heavy atom. The van der Waals surface area contributed by atoms with Crippen molar-refractivity contribution in [3.63, 3.8) is 0 Å². The van der Waals surface area contributed by atoms with Crippen molar-refractivity contribution >= 4 is 35.0 Å². The van der Waals surface area contributed by atoms with Crippen LogP contribution in [0.15, 0.2) is 53.7 Å². The molecule has 3 rings (SSSR count). The van der Waals surface area contributed by atoms with Crippen LogP contribution >= 0.6 is 11.9 Å². The first-order chi connectivity index (χ1) is 12.1. The second-order valence-corrected chi connectivity index (χ2v) is 6.15. The highest BCUT2D eigenvalue weighted by Gasteiger charge is 2.08. The average Bonchev–Trinajstić information content (AvgIpc) is 3.02. The van der Waals surface area contributed by atoms with Gasteiger partial charge in [0.1, 0.15) is 5.65 Å². The largest absolute Gasteiger partial charge is 0.493 e. The fourth-order valence-electron chi connectivity index (χ4n) is 2.34. The van der Waals surface area contributed by atoms with Crippen LogP contribution in [0.5, 0.6) is 11.5 Å². The molecule has 0 atom stereocenters. The number of pyridine rings is 1. The van der Waals surface area contributed by atoms with Gasteiger partial charge in [0.25, 0.3) is 0 Å². The van der Waals surface area contributed by atoms with E-state index in [9.17, 15) is 4.79 Å². The molecule has 0 amide bonds. The number of fused-ring (bicyclic) bond motifs is 1. The highest BCUT2D eigenvalue weighted by Crippen LogP contribution is 2.33. The number of hydrogen-bond acceptors (Lipinski definition) is 5. The average molecular weight is 356 g/mol. The van der Waals surface area contributed by atoms with Gasteiger partial charge >= 0.3 is 5.97 Å². The first-order valence-electron chi connectivity index (χ1n) is 7.39. The van der Waals surface area contributed by atoms with Gasteiger partial charge in [-0.1, -0.05) is 0 Å². The maximum absolute atomic E-state index is 10.6. The van der Waals surface area contributed by atoms with Gasteiger partial charge in [-0.25, -0.2) is 9.78 Å². The van der Waals surface area contributed by atoms with E-state index in [1.807, 2.05) is 40.5 Å². The van der Waals surface area contributed by atoms with Gasteiger partial charge in [-0.2, -0.15) is 0 Å². The Balaban J connectivity index is 1.88. The van der Waals surface area contributed by atoms with E-state index in [4.69, 9.17) is 14.6 Å². The van der Waals surface area contributed by atoms with Gasteiger partial charge in [-0.05, 0) is 53.9 Å². The number of methoxy groups -OCH3 is 2. The third-order valence-corrected chi connectivity index (χ3v) is 4.45. The number of carboxylic acids is 1. The van der Waals surface area contributed by atoms with Crippen molar-refractivity contribution < 1.29 is 19.4 Å². The third-order valence-electron chi connectivity index (χ3n) is 3.49. The summed E-state index contributed by atoms with van der Waals surface area (Å²) in [7, 11) is 3.20. The van der Waals surface area contributed by atoms with Crippen molar-refractivity contribution in [3.8, 4) is 11.5 Å². The summed E-state index contributed by atoms with van der Waals surface area (Å²) in [5.74, 6) is 0.358. The molecule has 0 saturated heterocycles. The fraction of sp³-hybridized carbons (Fsp3) is 0.111. The fourth-order valence-corrected chi connectivity index (χ4v) is 3.21. The van der Waals surface area contributed by atoms with Gasteiger partial charge in [-0.15, -0.1) is 0 Å². The lowest BCUT2D eigenvalue weighted by molar-refractivity contribution is -0.131. The summed E-state index contributed by atoms with van der Waals surface area (Å²) in [6.07, 6.45) is 6.18. The van der Waals surface area contributed by atoms with Crippen molar-refractivity contribution in [1.82, 2.24) is 8.96 Å². The lowest BCUT2D eigenvalue weighted by Gasteiger charge is -2.09. The molecule has 7 heteroatoms. The van der Waals surface area contributed by atoms with E-state index < -0.39 is 5.97 Å². The molecule has 128 valence electrons. The van der Waals surface area contributed by atoms with Crippen LogP contribution < -0.4 is 9.47 Å².